The fraction of sp³-hybridized carbons (Fsp3) is 0.500. The molecule has 0 aliphatic rings. The summed E-state index contributed by atoms with van der Waals surface area (Å²) in [5.74, 6) is -0.833. The van der Waals surface area contributed by atoms with Gasteiger partial charge in [0.05, 0.1) is 0 Å². The minimum Gasteiger partial charge on any atom is -0.481 e. The topological polar surface area (TPSA) is 37.3 Å². The number of hydrogen-bond acceptors (Lipinski definition) is 1. The first kappa shape index (κ1) is 15.7. The van der Waals surface area contributed by atoms with Crippen molar-refractivity contribution >= 4 is 86.9 Å². The first-order valence-corrected chi connectivity index (χ1v) is 0.928. The predicted octanol–water partition coefficient (Wildman–Crippen LogP) is -0.671. The maximum absolute atomic E-state index is 9.00. The van der Waals surface area contributed by atoms with Crippen LogP contribution in [0.4, 0.5) is 0 Å². The largest absolute Gasteiger partial charge is 0.481 e. The zero-order chi connectivity index (χ0) is 3.58. The summed E-state index contributed by atoms with van der Waals surface area (Å²) in [6.07, 6.45) is 0. The Morgan fingerprint density at radius 3 is 1.67 bits per heavy atom. The molecule has 0 aliphatic heterocycles. The maximum Gasteiger partial charge on any atom is 0.300 e. The smallest absolute Gasteiger partial charge is 0.300 e. The molecule has 0 aromatic heterocycles. The molecule has 26 valence electrons. The number of rotatable bonds is 0. The molecule has 6 heavy (non-hydrogen) atoms. The van der Waals surface area contributed by atoms with Gasteiger partial charge in [-0.15, -0.1) is 0 Å². The van der Waals surface area contributed by atoms with Gasteiger partial charge in [0.25, 0.3) is 5.97 Å². The second kappa shape index (κ2) is 10.2. The molecule has 0 heterocycles. The van der Waals surface area contributed by atoms with Crippen LogP contribution in [0.1, 0.15) is 6.92 Å². The minimum absolute atomic E-state index is 0. The summed E-state index contributed by atoms with van der Waals surface area (Å²) in [6, 6.07) is 0. The summed E-state index contributed by atoms with van der Waals surface area (Å²) in [4.78, 5) is 9.00. The van der Waals surface area contributed by atoms with E-state index < -0.39 is 5.97 Å². The summed E-state index contributed by atoms with van der Waals surface area (Å²) in [7, 11) is 0. The minimum atomic E-state index is -0.833. The van der Waals surface area contributed by atoms with Crippen LogP contribution in [-0.4, -0.2) is 92.0 Å². The van der Waals surface area contributed by atoms with E-state index in [0.29, 0.717) is 0 Å². The van der Waals surface area contributed by atoms with E-state index >= 15 is 0 Å². The summed E-state index contributed by atoms with van der Waals surface area (Å²) in [6.45, 7) is 1.08. The van der Waals surface area contributed by atoms with Crippen molar-refractivity contribution < 1.29 is 9.90 Å². The average molecular weight is 122 g/mol. The first-order valence-electron chi connectivity index (χ1n) is 0.928. The third-order valence-electron chi connectivity index (χ3n) is 0. The van der Waals surface area contributed by atoms with Gasteiger partial charge in [-0.05, 0) is 0 Å². The van der Waals surface area contributed by atoms with Gasteiger partial charge < -0.3 is 5.11 Å². The van der Waals surface area contributed by atoms with Crippen LogP contribution in [0.3, 0.4) is 0 Å². The molecule has 0 saturated heterocycles. The number of hydrogen-bond donors (Lipinski definition) is 1. The van der Waals surface area contributed by atoms with Gasteiger partial charge in [0.2, 0.25) is 0 Å². The van der Waals surface area contributed by atoms with Crippen LogP contribution >= 0.6 is 0 Å². The number of carboxylic acid groups (broad SMARTS) is 1. The Balaban J connectivity index is -0.0000000450. The Bertz CT molecular complexity index is 34.5. The fourth-order valence-corrected chi connectivity index (χ4v) is 0. The van der Waals surface area contributed by atoms with Gasteiger partial charge in [0.15, 0.2) is 0 Å². The first-order chi connectivity index (χ1) is 1.73. The summed E-state index contributed by atoms with van der Waals surface area (Å²) in [5, 5.41) is 7.42. The molecule has 0 saturated carbocycles. The van der Waals surface area contributed by atoms with Crippen molar-refractivity contribution in [2.45, 2.75) is 6.92 Å². The molecule has 2 nitrogen and oxygen atoms in total. The van der Waals surface area contributed by atoms with Gasteiger partial charge in [0.1, 0.15) is 0 Å². The molecule has 2 radical (unpaired) electrons. The molecule has 1 N–H and O–H groups in total. The normalized spacial score (nSPS) is 4.17. The Hall–Kier alpha value is 2.11. The predicted molar refractivity (Wildman–Crippen MR) is 24.8 cm³/mol. The van der Waals surface area contributed by atoms with Gasteiger partial charge in [-0.25, -0.2) is 0 Å². The Kier molecular flexibility index (Phi) is 26.6. The van der Waals surface area contributed by atoms with Gasteiger partial charge >= 0.3 is 0 Å². The monoisotopic (exact) mass is 122 g/mol. The quantitative estimate of drug-likeness (QED) is 0.433. The number of carboxylic acids is 1. The number of carbonyl (C=O) groups is 1. The molecule has 0 aliphatic carbocycles. The van der Waals surface area contributed by atoms with Crippen molar-refractivity contribution in [3.63, 3.8) is 0 Å². The van der Waals surface area contributed by atoms with Crippen molar-refractivity contribution in [1.29, 1.82) is 0 Å². The maximum atomic E-state index is 9.00. The molecule has 0 aromatic carbocycles. The second-order valence-corrected chi connectivity index (χ2v) is 0.519. The van der Waals surface area contributed by atoms with E-state index in [4.69, 9.17) is 9.90 Å². The standard InChI is InChI=1S/C2H4O2.K.Na/c1-2(3)4;;/h1H3,(H,3,4);;. The molecular weight excluding hydrogens is 118 g/mol. The molecule has 0 rings (SSSR count). The summed E-state index contributed by atoms with van der Waals surface area (Å²) >= 11 is 0. The average Bonchev–Trinajstić information content (AvgIpc) is 0.811. The Labute approximate surface area is 101 Å². The van der Waals surface area contributed by atoms with Crippen LogP contribution in [0.5, 0.6) is 0 Å². The molecule has 0 bridgehead atoms. The molecule has 0 spiro atoms. The molecule has 0 atom stereocenters. The van der Waals surface area contributed by atoms with Crippen molar-refractivity contribution in [2.75, 3.05) is 0 Å². The van der Waals surface area contributed by atoms with Gasteiger partial charge in [-0.1, -0.05) is 0 Å². The van der Waals surface area contributed by atoms with E-state index in [2.05, 4.69) is 0 Å². The molecule has 4 heteroatoms. The molecule has 0 aromatic rings. The van der Waals surface area contributed by atoms with Crippen LogP contribution in [0.15, 0.2) is 0 Å². The van der Waals surface area contributed by atoms with Crippen LogP contribution in [0, 0.1) is 0 Å². The Morgan fingerprint density at radius 2 is 1.67 bits per heavy atom. The van der Waals surface area contributed by atoms with Crippen molar-refractivity contribution in [1.82, 2.24) is 0 Å². The van der Waals surface area contributed by atoms with E-state index in [1.54, 1.807) is 0 Å². The van der Waals surface area contributed by atoms with E-state index in [9.17, 15) is 0 Å². The summed E-state index contributed by atoms with van der Waals surface area (Å²) in [5.41, 5.74) is 0. The van der Waals surface area contributed by atoms with Crippen LogP contribution < -0.4 is 0 Å². The SMILES string of the molecule is CC(=O)O.[K].[Na]. The van der Waals surface area contributed by atoms with Gasteiger partial charge in [0, 0.05) is 87.9 Å². The molecular formula is C2H4KNaO2. The fourth-order valence-electron chi connectivity index (χ4n) is 0. The van der Waals surface area contributed by atoms with Crippen LogP contribution in [0.25, 0.3) is 0 Å². The van der Waals surface area contributed by atoms with Crippen molar-refractivity contribution in [2.24, 2.45) is 0 Å². The van der Waals surface area contributed by atoms with E-state index in [1.165, 1.54) is 0 Å². The van der Waals surface area contributed by atoms with Crippen molar-refractivity contribution in [3.8, 4) is 0 Å². The van der Waals surface area contributed by atoms with Crippen molar-refractivity contribution in [3.05, 3.63) is 0 Å². The number of aliphatic carboxylic acids is 1. The van der Waals surface area contributed by atoms with Crippen LogP contribution in [0.2, 0.25) is 0 Å². The third kappa shape index (κ3) is 35.9. The summed E-state index contributed by atoms with van der Waals surface area (Å²) < 4.78 is 0. The third-order valence-corrected chi connectivity index (χ3v) is 0. The zero-order valence-corrected chi connectivity index (χ0v) is 9.48. The van der Waals surface area contributed by atoms with Crippen LogP contribution in [-0.2, 0) is 4.79 Å². The van der Waals surface area contributed by atoms with E-state index in [1.807, 2.05) is 0 Å². The molecule has 0 fully saturated rings. The second-order valence-electron chi connectivity index (χ2n) is 0.519. The van der Waals surface area contributed by atoms with Gasteiger partial charge in [-0.2, -0.15) is 0 Å². The van der Waals surface area contributed by atoms with E-state index in [-0.39, 0.29) is 80.9 Å². The van der Waals surface area contributed by atoms with E-state index in [0.717, 1.165) is 6.92 Å². The molecule has 0 amide bonds. The Morgan fingerprint density at radius 1 is 1.67 bits per heavy atom. The van der Waals surface area contributed by atoms with Gasteiger partial charge in [-0.3, -0.25) is 4.79 Å². The molecule has 0 unspecified atom stereocenters. The zero-order valence-electron chi connectivity index (χ0n) is 4.36.